The highest BCUT2D eigenvalue weighted by Gasteiger charge is 2.17. The lowest BCUT2D eigenvalue weighted by Crippen LogP contribution is -2.13. The van der Waals surface area contributed by atoms with Crippen molar-refractivity contribution in [2.45, 2.75) is 6.92 Å². The summed E-state index contributed by atoms with van der Waals surface area (Å²) in [5.41, 5.74) is 2.32. The average molecular weight is 385 g/mol. The number of nitrogens with one attached hydrogen (secondary N) is 1. The van der Waals surface area contributed by atoms with E-state index in [2.05, 4.69) is 21.2 Å². The van der Waals surface area contributed by atoms with Crippen molar-refractivity contribution in [1.29, 1.82) is 5.26 Å². The predicted octanol–water partition coefficient (Wildman–Crippen LogP) is 4.03. The van der Waals surface area contributed by atoms with Crippen LogP contribution in [0.25, 0.3) is 6.08 Å². The van der Waals surface area contributed by atoms with Gasteiger partial charge in [-0.1, -0.05) is 28.1 Å². The second kappa shape index (κ2) is 6.77. The van der Waals surface area contributed by atoms with Gasteiger partial charge in [-0.15, -0.1) is 0 Å². The summed E-state index contributed by atoms with van der Waals surface area (Å²) in [5.74, 6) is 0.746. The second-order valence-electron chi connectivity index (χ2n) is 5.22. The molecule has 0 radical (unpaired) electrons. The Bertz CT molecular complexity index is 884. The van der Waals surface area contributed by atoms with Gasteiger partial charge in [-0.25, -0.2) is 0 Å². The minimum Gasteiger partial charge on any atom is -0.454 e. The van der Waals surface area contributed by atoms with Crippen LogP contribution in [0.2, 0.25) is 0 Å². The maximum Gasteiger partial charge on any atom is 0.266 e. The number of nitrogens with zero attached hydrogens (tertiary/aromatic N) is 1. The molecule has 1 heterocycles. The molecule has 120 valence electrons. The minimum absolute atomic E-state index is 0.00364. The number of aryl methyl sites for hydroxylation is 1. The molecule has 24 heavy (non-hydrogen) atoms. The summed E-state index contributed by atoms with van der Waals surface area (Å²) in [4.78, 5) is 12.3. The van der Waals surface area contributed by atoms with Crippen LogP contribution in [0.5, 0.6) is 11.5 Å². The highest BCUT2D eigenvalue weighted by Crippen LogP contribution is 2.37. The number of nitriles is 1. The smallest absolute Gasteiger partial charge is 0.266 e. The number of fused-ring (bicyclic) bond motifs is 1. The Morgan fingerprint density at radius 1 is 1.29 bits per heavy atom. The van der Waals surface area contributed by atoms with E-state index in [4.69, 9.17) is 9.47 Å². The van der Waals surface area contributed by atoms with Crippen LogP contribution in [0, 0.1) is 18.3 Å². The molecule has 0 fully saturated rings. The number of benzene rings is 2. The molecule has 3 rings (SSSR count). The van der Waals surface area contributed by atoms with Crippen LogP contribution in [-0.2, 0) is 4.79 Å². The van der Waals surface area contributed by atoms with Crippen LogP contribution >= 0.6 is 15.9 Å². The summed E-state index contributed by atoms with van der Waals surface area (Å²) in [7, 11) is 0. The number of hydrogen-bond acceptors (Lipinski definition) is 4. The summed E-state index contributed by atoms with van der Waals surface area (Å²) < 4.78 is 11.3. The average Bonchev–Trinajstić information content (AvgIpc) is 2.99. The lowest BCUT2D eigenvalue weighted by atomic mass is 10.1. The third-order valence-corrected chi connectivity index (χ3v) is 4.12. The maximum absolute atomic E-state index is 12.3. The standard InChI is InChI=1S/C18H13BrN2O3/c1-11-3-2-4-14(5-11)21-18(22)13(9-20)6-12-7-16-17(8-15(12)19)24-10-23-16/h2-8H,10H2,1H3,(H,21,22). The molecule has 1 N–H and O–H groups in total. The molecule has 0 spiro atoms. The van der Waals surface area contributed by atoms with Gasteiger partial charge in [-0.05, 0) is 48.4 Å². The quantitative estimate of drug-likeness (QED) is 0.640. The van der Waals surface area contributed by atoms with Crippen LogP contribution in [0.15, 0.2) is 46.4 Å². The molecule has 0 aliphatic carbocycles. The SMILES string of the molecule is Cc1cccc(NC(=O)C(C#N)=Cc2cc3c(cc2Br)OCO3)c1. The number of hydrogen-bond donors (Lipinski definition) is 1. The lowest BCUT2D eigenvalue weighted by Gasteiger charge is -2.06. The number of carbonyl (C=O) groups is 1. The highest BCUT2D eigenvalue weighted by atomic mass is 79.9. The first-order valence-corrected chi connectivity index (χ1v) is 7.95. The van der Waals surface area contributed by atoms with Crippen molar-refractivity contribution in [2.75, 3.05) is 12.1 Å². The van der Waals surface area contributed by atoms with Gasteiger partial charge in [0.1, 0.15) is 11.6 Å². The second-order valence-corrected chi connectivity index (χ2v) is 6.07. The molecule has 1 amide bonds. The molecule has 0 unspecified atom stereocenters. The van der Waals surface area contributed by atoms with Gasteiger partial charge >= 0.3 is 0 Å². The molecule has 0 atom stereocenters. The highest BCUT2D eigenvalue weighted by molar-refractivity contribution is 9.10. The molecule has 2 aromatic carbocycles. The number of amides is 1. The fraction of sp³-hybridized carbons (Fsp3) is 0.111. The Morgan fingerprint density at radius 2 is 2.04 bits per heavy atom. The zero-order valence-electron chi connectivity index (χ0n) is 12.8. The first kappa shape index (κ1) is 16.1. The fourth-order valence-corrected chi connectivity index (χ4v) is 2.71. The molecular formula is C18H13BrN2O3. The van der Waals surface area contributed by atoms with Gasteiger partial charge in [-0.2, -0.15) is 5.26 Å². The zero-order chi connectivity index (χ0) is 17.1. The zero-order valence-corrected chi connectivity index (χ0v) is 14.4. The van der Waals surface area contributed by atoms with Gasteiger partial charge in [-0.3, -0.25) is 4.79 Å². The third kappa shape index (κ3) is 3.42. The van der Waals surface area contributed by atoms with E-state index in [1.807, 2.05) is 31.2 Å². The monoisotopic (exact) mass is 384 g/mol. The van der Waals surface area contributed by atoms with Crippen molar-refractivity contribution in [1.82, 2.24) is 0 Å². The van der Waals surface area contributed by atoms with Crippen LogP contribution in [-0.4, -0.2) is 12.7 Å². The topological polar surface area (TPSA) is 71.4 Å². The van der Waals surface area contributed by atoms with Gasteiger partial charge in [0, 0.05) is 10.2 Å². The van der Waals surface area contributed by atoms with Crippen LogP contribution in [0.1, 0.15) is 11.1 Å². The largest absolute Gasteiger partial charge is 0.454 e. The molecule has 6 heteroatoms. The van der Waals surface area contributed by atoms with E-state index in [-0.39, 0.29) is 12.4 Å². The van der Waals surface area contributed by atoms with Crippen molar-refractivity contribution in [3.05, 3.63) is 57.6 Å². The summed E-state index contributed by atoms with van der Waals surface area (Å²) in [6, 6.07) is 12.8. The fourth-order valence-electron chi connectivity index (χ4n) is 2.27. The van der Waals surface area contributed by atoms with E-state index in [0.29, 0.717) is 27.2 Å². The first-order chi connectivity index (χ1) is 11.6. The van der Waals surface area contributed by atoms with Crippen molar-refractivity contribution in [3.63, 3.8) is 0 Å². The van der Waals surface area contributed by atoms with Gasteiger partial charge < -0.3 is 14.8 Å². The number of anilines is 1. The molecule has 0 aromatic heterocycles. The summed E-state index contributed by atoms with van der Waals surface area (Å²) in [6.45, 7) is 2.09. The Balaban J connectivity index is 1.87. The Morgan fingerprint density at radius 3 is 2.75 bits per heavy atom. The molecule has 2 aromatic rings. The third-order valence-electron chi connectivity index (χ3n) is 3.43. The molecule has 0 saturated carbocycles. The first-order valence-electron chi connectivity index (χ1n) is 7.16. The number of halogens is 1. The van der Waals surface area contributed by atoms with E-state index in [9.17, 15) is 10.1 Å². The van der Waals surface area contributed by atoms with E-state index in [0.717, 1.165) is 5.56 Å². The van der Waals surface area contributed by atoms with Crippen LogP contribution in [0.3, 0.4) is 0 Å². The summed E-state index contributed by atoms with van der Waals surface area (Å²) in [6.07, 6.45) is 1.51. The molecular weight excluding hydrogens is 372 g/mol. The van der Waals surface area contributed by atoms with E-state index in [1.54, 1.807) is 18.2 Å². The lowest BCUT2D eigenvalue weighted by molar-refractivity contribution is -0.112. The predicted molar refractivity (Wildman–Crippen MR) is 93.7 cm³/mol. The normalized spacial score (nSPS) is 12.6. The molecule has 1 aliphatic rings. The van der Waals surface area contributed by atoms with Crippen molar-refractivity contribution >= 4 is 33.6 Å². The Hall–Kier alpha value is -2.78. The van der Waals surface area contributed by atoms with Gasteiger partial charge in [0.25, 0.3) is 5.91 Å². The molecule has 5 nitrogen and oxygen atoms in total. The van der Waals surface area contributed by atoms with Gasteiger partial charge in [0.2, 0.25) is 6.79 Å². The molecule has 1 aliphatic heterocycles. The van der Waals surface area contributed by atoms with Crippen molar-refractivity contribution < 1.29 is 14.3 Å². The van der Waals surface area contributed by atoms with Crippen molar-refractivity contribution in [2.24, 2.45) is 0 Å². The maximum atomic E-state index is 12.3. The van der Waals surface area contributed by atoms with Gasteiger partial charge in [0.05, 0.1) is 0 Å². The van der Waals surface area contributed by atoms with Crippen LogP contribution < -0.4 is 14.8 Å². The van der Waals surface area contributed by atoms with Crippen molar-refractivity contribution in [3.8, 4) is 17.6 Å². The summed E-state index contributed by atoms with van der Waals surface area (Å²) >= 11 is 3.41. The minimum atomic E-state index is -0.465. The van der Waals surface area contributed by atoms with Crippen LogP contribution in [0.4, 0.5) is 5.69 Å². The van der Waals surface area contributed by atoms with E-state index in [1.165, 1.54) is 6.08 Å². The van der Waals surface area contributed by atoms with Gasteiger partial charge in [0.15, 0.2) is 11.5 Å². The van der Waals surface area contributed by atoms with E-state index < -0.39 is 5.91 Å². The molecule has 0 bridgehead atoms. The van der Waals surface area contributed by atoms with E-state index >= 15 is 0 Å². The molecule has 0 saturated heterocycles. The Kier molecular flexibility index (Phi) is 4.54. The Labute approximate surface area is 147 Å². The number of carbonyl (C=O) groups excluding carboxylic acids is 1. The summed E-state index contributed by atoms with van der Waals surface area (Å²) in [5, 5.41) is 12.0. The number of rotatable bonds is 3. The number of ether oxygens (including phenoxy) is 2.